The second-order valence-electron chi connectivity index (χ2n) is 4.00. The number of halogens is 1. The van der Waals surface area contributed by atoms with Crippen LogP contribution in [0.1, 0.15) is 29.4 Å². The van der Waals surface area contributed by atoms with Crippen molar-refractivity contribution >= 4 is 22.2 Å². The van der Waals surface area contributed by atoms with E-state index in [2.05, 4.69) is 21.0 Å². The minimum Gasteiger partial charge on any atom is -0.345 e. The standard InChI is InChI=1S/C10H11BrN2O3/c11-7-5-12-13(8(7)6-14)9-1-2-10(9)15-3-4-16-10/h5-6,9H,1-4H2. The molecule has 2 heterocycles. The lowest BCUT2D eigenvalue weighted by Gasteiger charge is -2.44. The molecular weight excluding hydrogens is 276 g/mol. The van der Waals surface area contributed by atoms with Gasteiger partial charge in [-0.05, 0) is 22.4 Å². The Morgan fingerprint density at radius 1 is 1.56 bits per heavy atom. The summed E-state index contributed by atoms with van der Waals surface area (Å²) in [6, 6.07) is 0.0153. The van der Waals surface area contributed by atoms with Crippen LogP contribution in [0, 0.1) is 0 Å². The van der Waals surface area contributed by atoms with Gasteiger partial charge in [-0.25, -0.2) is 0 Å². The molecule has 1 saturated carbocycles. The number of carbonyl (C=O) groups excluding carboxylic acids is 1. The second-order valence-corrected chi connectivity index (χ2v) is 4.86. The molecule has 5 nitrogen and oxygen atoms in total. The van der Waals surface area contributed by atoms with Crippen LogP contribution in [0.15, 0.2) is 10.7 Å². The largest absolute Gasteiger partial charge is 0.345 e. The van der Waals surface area contributed by atoms with Gasteiger partial charge in [0.15, 0.2) is 12.1 Å². The monoisotopic (exact) mass is 286 g/mol. The molecule has 2 fully saturated rings. The van der Waals surface area contributed by atoms with Gasteiger partial charge in [-0.3, -0.25) is 9.48 Å². The zero-order valence-electron chi connectivity index (χ0n) is 8.56. The SMILES string of the molecule is O=Cc1c(Br)cnn1C1CCC12OCCO2. The molecule has 3 rings (SSSR count). The highest BCUT2D eigenvalue weighted by molar-refractivity contribution is 9.10. The molecule has 1 saturated heterocycles. The van der Waals surface area contributed by atoms with Gasteiger partial charge in [-0.2, -0.15) is 5.10 Å². The number of rotatable bonds is 2. The summed E-state index contributed by atoms with van der Waals surface area (Å²) in [6.45, 7) is 1.24. The van der Waals surface area contributed by atoms with E-state index in [0.717, 1.165) is 19.1 Å². The molecule has 1 aromatic rings. The van der Waals surface area contributed by atoms with Crippen molar-refractivity contribution in [3.63, 3.8) is 0 Å². The first-order chi connectivity index (χ1) is 7.77. The van der Waals surface area contributed by atoms with E-state index in [4.69, 9.17) is 9.47 Å². The average Bonchev–Trinajstić information content (AvgIpc) is 2.86. The summed E-state index contributed by atoms with van der Waals surface area (Å²) >= 11 is 3.30. The molecule has 2 aliphatic rings. The third kappa shape index (κ3) is 1.30. The third-order valence-electron chi connectivity index (χ3n) is 3.24. The summed E-state index contributed by atoms with van der Waals surface area (Å²) < 4.78 is 13.7. The van der Waals surface area contributed by atoms with Gasteiger partial charge in [0, 0.05) is 6.42 Å². The Kier molecular flexibility index (Phi) is 2.38. The van der Waals surface area contributed by atoms with E-state index in [9.17, 15) is 4.79 Å². The van der Waals surface area contributed by atoms with E-state index in [1.165, 1.54) is 0 Å². The maximum Gasteiger partial charge on any atom is 0.191 e. The van der Waals surface area contributed by atoms with Gasteiger partial charge in [0.05, 0.1) is 23.9 Å². The Labute approximate surface area is 101 Å². The van der Waals surface area contributed by atoms with Gasteiger partial charge in [0.25, 0.3) is 0 Å². The molecule has 1 aliphatic carbocycles. The highest BCUT2D eigenvalue weighted by atomic mass is 79.9. The number of aldehydes is 1. The summed E-state index contributed by atoms with van der Waals surface area (Å²) in [6.07, 6.45) is 4.23. The smallest absolute Gasteiger partial charge is 0.191 e. The minimum atomic E-state index is -0.538. The first-order valence-corrected chi connectivity index (χ1v) is 6.02. The molecule has 0 aromatic carbocycles. The fourth-order valence-corrected chi connectivity index (χ4v) is 2.70. The minimum absolute atomic E-state index is 0.0153. The van der Waals surface area contributed by atoms with Crippen molar-refractivity contribution in [3.8, 4) is 0 Å². The van der Waals surface area contributed by atoms with Crippen molar-refractivity contribution in [2.75, 3.05) is 13.2 Å². The number of hydrogen-bond acceptors (Lipinski definition) is 4. The Bertz CT molecular complexity index is 426. The number of carbonyl (C=O) groups is 1. The van der Waals surface area contributed by atoms with Gasteiger partial charge in [-0.1, -0.05) is 0 Å². The quantitative estimate of drug-likeness (QED) is 0.774. The third-order valence-corrected chi connectivity index (χ3v) is 3.85. The highest BCUT2D eigenvalue weighted by Gasteiger charge is 2.54. The molecule has 0 radical (unpaired) electrons. The lowest BCUT2D eigenvalue weighted by Crippen LogP contribution is -2.49. The number of aromatic nitrogens is 2. The van der Waals surface area contributed by atoms with E-state index in [-0.39, 0.29) is 6.04 Å². The predicted molar refractivity (Wildman–Crippen MR) is 58.2 cm³/mol. The molecule has 1 spiro atoms. The molecule has 16 heavy (non-hydrogen) atoms. The second kappa shape index (κ2) is 3.65. The molecule has 1 aromatic heterocycles. The molecule has 0 N–H and O–H groups in total. The van der Waals surface area contributed by atoms with E-state index < -0.39 is 5.79 Å². The van der Waals surface area contributed by atoms with E-state index in [1.807, 2.05) is 0 Å². The first kappa shape index (κ1) is 10.4. The average molecular weight is 287 g/mol. The zero-order valence-corrected chi connectivity index (χ0v) is 10.1. The van der Waals surface area contributed by atoms with Crippen LogP contribution < -0.4 is 0 Å². The molecule has 6 heteroatoms. The summed E-state index contributed by atoms with van der Waals surface area (Å²) in [4.78, 5) is 11.0. The topological polar surface area (TPSA) is 53.4 Å². The number of hydrogen-bond donors (Lipinski definition) is 0. The van der Waals surface area contributed by atoms with E-state index in [0.29, 0.717) is 23.4 Å². The van der Waals surface area contributed by atoms with Gasteiger partial charge >= 0.3 is 0 Å². The number of nitrogens with zero attached hydrogens (tertiary/aromatic N) is 2. The first-order valence-electron chi connectivity index (χ1n) is 5.23. The fourth-order valence-electron chi connectivity index (χ4n) is 2.33. The molecule has 86 valence electrons. The summed E-state index contributed by atoms with van der Waals surface area (Å²) in [5.74, 6) is -0.538. The van der Waals surface area contributed by atoms with Crippen molar-refractivity contribution in [3.05, 3.63) is 16.4 Å². The fraction of sp³-hybridized carbons (Fsp3) is 0.600. The normalized spacial score (nSPS) is 26.9. The van der Waals surface area contributed by atoms with Crippen molar-refractivity contribution < 1.29 is 14.3 Å². The van der Waals surface area contributed by atoms with Crippen LogP contribution in [0.2, 0.25) is 0 Å². The van der Waals surface area contributed by atoms with Gasteiger partial charge in [-0.15, -0.1) is 0 Å². The van der Waals surface area contributed by atoms with E-state index >= 15 is 0 Å². The van der Waals surface area contributed by atoms with Crippen LogP contribution in [0.25, 0.3) is 0 Å². The van der Waals surface area contributed by atoms with E-state index in [1.54, 1.807) is 10.9 Å². The number of ether oxygens (including phenoxy) is 2. The van der Waals surface area contributed by atoms with Gasteiger partial charge in [0.1, 0.15) is 11.7 Å². The lowest BCUT2D eigenvalue weighted by molar-refractivity contribution is -0.243. The molecule has 1 unspecified atom stereocenters. The summed E-state index contributed by atoms with van der Waals surface area (Å²) in [7, 11) is 0. The van der Waals surface area contributed by atoms with Crippen LogP contribution >= 0.6 is 15.9 Å². The Morgan fingerprint density at radius 3 is 2.88 bits per heavy atom. The highest BCUT2D eigenvalue weighted by Crippen LogP contribution is 2.48. The Balaban J connectivity index is 1.95. The van der Waals surface area contributed by atoms with Crippen molar-refractivity contribution in [2.24, 2.45) is 0 Å². The molecule has 0 bridgehead atoms. The van der Waals surface area contributed by atoms with Crippen molar-refractivity contribution in [1.29, 1.82) is 0 Å². The summed E-state index contributed by atoms with van der Waals surface area (Å²) in [5.41, 5.74) is 0.545. The van der Waals surface area contributed by atoms with Crippen LogP contribution in [0.3, 0.4) is 0 Å². The Hall–Kier alpha value is -0.720. The van der Waals surface area contributed by atoms with Crippen LogP contribution in [0.5, 0.6) is 0 Å². The van der Waals surface area contributed by atoms with Gasteiger partial charge in [0.2, 0.25) is 0 Å². The van der Waals surface area contributed by atoms with Crippen LogP contribution in [-0.2, 0) is 9.47 Å². The van der Waals surface area contributed by atoms with Crippen LogP contribution in [0.4, 0.5) is 0 Å². The molecule has 1 aliphatic heterocycles. The van der Waals surface area contributed by atoms with Crippen LogP contribution in [-0.4, -0.2) is 35.1 Å². The van der Waals surface area contributed by atoms with Crippen molar-refractivity contribution in [2.45, 2.75) is 24.7 Å². The Morgan fingerprint density at radius 2 is 2.31 bits per heavy atom. The lowest BCUT2D eigenvalue weighted by atomic mass is 9.84. The van der Waals surface area contributed by atoms with Crippen molar-refractivity contribution in [1.82, 2.24) is 9.78 Å². The zero-order chi connectivity index (χ0) is 11.2. The predicted octanol–water partition coefficient (Wildman–Crippen LogP) is 1.54. The summed E-state index contributed by atoms with van der Waals surface area (Å²) in [5, 5.41) is 4.21. The maximum atomic E-state index is 11.0. The van der Waals surface area contributed by atoms with Gasteiger partial charge < -0.3 is 9.47 Å². The molecule has 1 atom stereocenters. The molecule has 0 amide bonds. The maximum absolute atomic E-state index is 11.0. The molecular formula is C10H11BrN2O3.